The fraction of sp³-hybridized carbons (Fsp3) is 0.0952. The zero-order valence-corrected chi connectivity index (χ0v) is 14.4. The van der Waals surface area contributed by atoms with Gasteiger partial charge in [-0.05, 0) is 36.4 Å². The third kappa shape index (κ3) is 4.36. The van der Waals surface area contributed by atoms with Gasteiger partial charge in [0, 0.05) is 17.5 Å². The smallest absolute Gasteiger partial charge is 0.339 e. The van der Waals surface area contributed by atoms with Crippen LogP contribution in [-0.2, 0) is 9.53 Å². The first-order valence-corrected chi connectivity index (χ1v) is 8.29. The number of hydrogen-bond acceptors (Lipinski definition) is 4. The van der Waals surface area contributed by atoms with E-state index in [2.05, 4.69) is 16.9 Å². The summed E-state index contributed by atoms with van der Waals surface area (Å²) in [7, 11) is 0. The SMILES string of the molecule is C=CCNC(=O)COC(=O)c1cc(-c2ccc(F)cc2)nc2ccccc12. The van der Waals surface area contributed by atoms with Gasteiger partial charge in [0.15, 0.2) is 6.61 Å². The molecule has 0 saturated heterocycles. The highest BCUT2D eigenvalue weighted by Gasteiger charge is 2.16. The molecule has 1 amide bonds. The van der Waals surface area contributed by atoms with Crippen molar-refractivity contribution in [1.82, 2.24) is 10.3 Å². The van der Waals surface area contributed by atoms with Gasteiger partial charge in [0.05, 0.1) is 16.8 Å². The number of rotatable bonds is 6. The Kier molecular flexibility index (Phi) is 5.56. The Labute approximate surface area is 155 Å². The number of benzene rings is 2. The summed E-state index contributed by atoms with van der Waals surface area (Å²) in [4.78, 5) is 28.7. The molecule has 2 aromatic carbocycles. The number of nitrogens with zero attached hydrogens (tertiary/aromatic N) is 1. The Bertz CT molecular complexity index is 1000. The second-order valence-electron chi connectivity index (χ2n) is 5.75. The predicted molar refractivity (Wildman–Crippen MR) is 101 cm³/mol. The van der Waals surface area contributed by atoms with Crippen LogP contribution in [0, 0.1) is 5.82 Å². The molecule has 0 aliphatic carbocycles. The lowest BCUT2D eigenvalue weighted by Gasteiger charge is -2.10. The minimum Gasteiger partial charge on any atom is -0.452 e. The number of carbonyl (C=O) groups excluding carboxylic acids is 2. The van der Waals surface area contributed by atoms with E-state index in [9.17, 15) is 14.0 Å². The van der Waals surface area contributed by atoms with Gasteiger partial charge in [-0.2, -0.15) is 0 Å². The summed E-state index contributed by atoms with van der Waals surface area (Å²) in [5.74, 6) is -1.41. The van der Waals surface area contributed by atoms with E-state index in [-0.39, 0.29) is 11.4 Å². The lowest BCUT2D eigenvalue weighted by Crippen LogP contribution is -2.28. The molecule has 6 heteroatoms. The quantitative estimate of drug-likeness (QED) is 0.537. The average Bonchev–Trinajstić information content (AvgIpc) is 2.70. The Morgan fingerprint density at radius 2 is 1.89 bits per heavy atom. The number of ether oxygens (including phenoxy) is 1. The largest absolute Gasteiger partial charge is 0.452 e. The number of amides is 1. The summed E-state index contributed by atoms with van der Waals surface area (Å²) in [6.45, 7) is 3.40. The molecule has 0 aliphatic rings. The highest BCUT2D eigenvalue weighted by molar-refractivity contribution is 6.05. The molecule has 0 bridgehead atoms. The molecule has 27 heavy (non-hydrogen) atoms. The number of pyridine rings is 1. The van der Waals surface area contributed by atoms with Crippen LogP contribution in [0.25, 0.3) is 22.2 Å². The summed E-state index contributed by atoms with van der Waals surface area (Å²) in [5, 5.41) is 3.15. The molecule has 0 saturated carbocycles. The summed E-state index contributed by atoms with van der Waals surface area (Å²) in [6, 6.07) is 14.5. The van der Waals surface area contributed by atoms with Gasteiger partial charge in [0.25, 0.3) is 5.91 Å². The van der Waals surface area contributed by atoms with Crippen molar-refractivity contribution < 1.29 is 18.7 Å². The first kappa shape index (κ1) is 18.3. The van der Waals surface area contributed by atoms with Crippen molar-refractivity contribution >= 4 is 22.8 Å². The van der Waals surface area contributed by atoms with Crippen LogP contribution in [0.5, 0.6) is 0 Å². The number of hydrogen-bond donors (Lipinski definition) is 1. The highest BCUT2D eigenvalue weighted by Crippen LogP contribution is 2.25. The maximum Gasteiger partial charge on any atom is 0.339 e. The molecular formula is C21H17FN2O3. The van der Waals surface area contributed by atoms with Crippen LogP contribution in [0.3, 0.4) is 0 Å². The number of carbonyl (C=O) groups is 2. The lowest BCUT2D eigenvalue weighted by atomic mass is 10.0. The highest BCUT2D eigenvalue weighted by atomic mass is 19.1. The average molecular weight is 364 g/mol. The fourth-order valence-corrected chi connectivity index (χ4v) is 2.56. The van der Waals surface area contributed by atoms with Crippen LogP contribution < -0.4 is 5.32 Å². The van der Waals surface area contributed by atoms with Crippen molar-refractivity contribution in [2.45, 2.75) is 0 Å². The van der Waals surface area contributed by atoms with Crippen molar-refractivity contribution in [1.29, 1.82) is 0 Å². The molecule has 5 nitrogen and oxygen atoms in total. The van der Waals surface area contributed by atoms with Gasteiger partial charge < -0.3 is 10.1 Å². The van der Waals surface area contributed by atoms with Gasteiger partial charge in [-0.1, -0.05) is 24.3 Å². The Balaban J connectivity index is 1.93. The molecule has 0 radical (unpaired) electrons. The maximum absolute atomic E-state index is 13.2. The number of aromatic nitrogens is 1. The minimum atomic E-state index is -0.634. The van der Waals surface area contributed by atoms with Gasteiger partial charge in [-0.15, -0.1) is 6.58 Å². The predicted octanol–water partition coefficient (Wildman–Crippen LogP) is 3.50. The zero-order valence-electron chi connectivity index (χ0n) is 14.4. The lowest BCUT2D eigenvalue weighted by molar-refractivity contribution is -0.124. The summed E-state index contributed by atoms with van der Waals surface area (Å²) >= 11 is 0. The monoisotopic (exact) mass is 364 g/mol. The van der Waals surface area contributed by atoms with Crippen molar-refractivity contribution in [3.8, 4) is 11.3 Å². The third-order valence-corrected chi connectivity index (χ3v) is 3.85. The van der Waals surface area contributed by atoms with Gasteiger partial charge >= 0.3 is 5.97 Å². The second-order valence-corrected chi connectivity index (χ2v) is 5.75. The molecule has 0 aliphatic heterocycles. The molecular weight excluding hydrogens is 347 g/mol. The topological polar surface area (TPSA) is 68.3 Å². The molecule has 1 aromatic heterocycles. The van der Waals surface area contributed by atoms with E-state index in [1.54, 1.807) is 36.4 Å². The first-order chi connectivity index (χ1) is 13.1. The van der Waals surface area contributed by atoms with Gasteiger partial charge in [0.2, 0.25) is 0 Å². The molecule has 1 N–H and O–H groups in total. The van der Waals surface area contributed by atoms with E-state index in [1.165, 1.54) is 18.2 Å². The second kappa shape index (κ2) is 8.23. The standard InChI is InChI=1S/C21H17FN2O3/c1-2-11-23-20(25)13-27-21(26)17-12-19(14-7-9-15(22)10-8-14)24-18-6-4-3-5-16(17)18/h2-10,12H,1,11,13H2,(H,23,25). The molecule has 3 aromatic rings. The van der Waals surface area contributed by atoms with Crippen molar-refractivity contribution in [3.63, 3.8) is 0 Å². The van der Waals surface area contributed by atoms with E-state index < -0.39 is 18.5 Å². The molecule has 0 fully saturated rings. The minimum absolute atomic E-state index is 0.288. The van der Waals surface area contributed by atoms with Crippen LogP contribution in [-0.4, -0.2) is 30.0 Å². The van der Waals surface area contributed by atoms with E-state index in [4.69, 9.17) is 4.74 Å². The molecule has 1 heterocycles. The Morgan fingerprint density at radius 1 is 1.15 bits per heavy atom. The molecule has 3 rings (SSSR count). The van der Waals surface area contributed by atoms with Crippen LogP contribution in [0.1, 0.15) is 10.4 Å². The fourth-order valence-electron chi connectivity index (χ4n) is 2.56. The van der Waals surface area contributed by atoms with Gasteiger partial charge in [-0.25, -0.2) is 14.2 Å². The number of esters is 1. The first-order valence-electron chi connectivity index (χ1n) is 8.29. The van der Waals surface area contributed by atoms with Crippen molar-refractivity contribution in [2.75, 3.05) is 13.2 Å². The van der Waals surface area contributed by atoms with E-state index >= 15 is 0 Å². The summed E-state index contributed by atoms with van der Waals surface area (Å²) in [6.07, 6.45) is 1.53. The van der Waals surface area contributed by atoms with Gasteiger partial charge in [0.1, 0.15) is 5.82 Å². The Morgan fingerprint density at radius 3 is 2.63 bits per heavy atom. The number of nitrogens with one attached hydrogen (secondary N) is 1. The molecule has 0 atom stereocenters. The number of para-hydroxylation sites is 1. The number of halogens is 1. The summed E-state index contributed by atoms with van der Waals surface area (Å²) in [5.41, 5.74) is 2.07. The molecule has 136 valence electrons. The van der Waals surface area contributed by atoms with Crippen molar-refractivity contribution in [2.24, 2.45) is 0 Å². The van der Waals surface area contributed by atoms with E-state index in [0.29, 0.717) is 28.7 Å². The van der Waals surface area contributed by atoms with Crippen LogP contribution in [0.4, 0.5) is 4.39 Å². The van der Waals surface area contributed by atoms with Crippen LogP contribution in [0.15, 0.2) is 67.3 Å². The van der Waals surface area contributed by atoms with Crippen molar-refractivity contribution in [3.05, 3.63) is 78.6 Å². The van der Waals surface area contributed by atoms with Crippen LogP contribution in [0.2, 0.25) is 0 Å². The maximum atomic E-state index is 13.2. The Hall–Kier alpha value is -3.54. The van der Waals surface area contributed by atoms with Gasteiger partial charge in [-0.3, -0.25) is 4.79 Å². The third-order valence-electron chi connectivity index (χ3n) is 3.85. The van der Waals surface area contributed by atoms with E-state index in [0.717, 1.165) is 0 Å². The normalized spacial score (nSPS) is 10.4. The van der Waals surface area contributed by atoms with Crippen LogP contribution >= 0.6 is 0 Å². The molecule has 0 unspecified atom stereocenters. The van der Waals surface area contributed by atoms with E-state index in [1.807, 2.05) is 6.07 Å². The molecule has 0 spiro atoms. The number of fused-ring (bicyclic) bond motifs is 1. The zero-order chi connectivity index (χ0) is 19.2. The summed E-state index contributed by atoms with van der Waals surface area (Å²) < 4.78 is 18.3.